The smallest absolute Gasteiger partial charge is 0.283 e. The first-order valence-electron chi connectivity index (χ1n) is 8.40. The summed E-state index contributed by atoms with van der Waals surface area (Å²) in [6.07, 6.45) is 1.64. The van der Waals surface area contributed by atoms with Gasteiger partial charge in [0.2, 0.25) is 5.88 Å². The van der Waals surface area contributed by atoms with E-state index in [9.17, 15) is 14.7 Å². The lowest BCUT2D eigenvalue weighted by Gasteiger charge is -2.02. The summed E-state index contributed by atoms with van der Waals surface area (Å²) in [6, 6.07) is 13.5. The van der Waals surface area contributed by atoms with Crippen molar-refractivity contribution in [1.29, 1.82) is 0 Å². The molecule has 8 heteroatoms. The lowest BCUT2D eigenvalue weighted by atomic mass is 10.2. The summed E-state index contributed by atoms with van der Waals surface area (Å²) >= 11 is 5.78. The third kappa shape index (κ3) is 4.10. The molecule has 28 heavy (non-hydrogen) atoms. The van der Waals surface area contributed by atoms with Gasteiger partial charge in [0.05, 0.1) is 5.52 Å². The van der Waals surface area contributed by atoms with Crippen LogP contribution in [0.3, 0.4) is 0 Å². The predicted molar refractivity (Wildman–Crippen MR) is 107 cm³/mol. The van der Waals surface area contributed by atoms with Crippen molar-refractivity contribution < 1.29 is 14.7 Å². The highest BCUT2D eigenvalue weighted by molar-refractivity contribution is 6.30. The van der Waals surface area contributed by atoms with Gasteiger partial charge in [-0.2, -0.15) is 0 Å². The number of nitrogens with one attached hydrogen (secondary N) is 1. The molecule has 0 aliphatic heterocycles. The number of carbonyl (C=O) groups is 2. The second kappa shape index (κ2) is 8.49. The van der Waals surface area contributed by atoms with Crippen LogP contribution in [0.4, 0.5) is 5.69 Å². The minimum Gasteiger partial charge on any atom is -0.493 e. The predicted octanol–water partition coefficient (Wildman–Crippen LogP) is 4.23. The maximum absolute atomic E-state index is 12.0. The third-order valence-electron chi connectivity index (χ3n) is 4.00. The molecule has 0 unspecified atom stereocenters. The van der Waals surface area contributed by atoms with E-state index in [-0.39, 0.29) is 18.1 Å². The molecule has 0 atom stereocenters. The lowest BCUT2D eigenvalue weighted by Crippen LogP contribution is -2.28. The molecule has 1 aromatic heterocycles. The second-order valence-electron chi connectivity index (χ2n) is 5.87. The highest BCUT2D eigenvalue weighted by Gasteiger charge is 2.16. The summed E-state index contributed by atoms with van der Waals surface area (Å²) in [5.74, 6) is -1.18. The Balaban J connectivity index is 1.72. The van der Waals surface area contributed by atoms with Crippen molar-refractivity contribution in [1.82, 2.24) is 9.88 Å². The summed E-state index contributed by atoms with van der Waals surface area (Å²) < 4.78 is 1.61. The molecule has 0 radical (unpaired) electrons. The van der Waals surface area contributed by atoms with Crippen LogP contribution in [0.25, 0.3) is 10.9 Å². The number of allylic oxidation sites excluding steroid dienone is 1. The van der Waals surface area contributed by atoms with Crippen LogP contribution in [-0.2, 0) is 11.3 Å². The number of para-hydroxylation sites is 1. The number of halogens is 1. The van der Waals surface area contributed by atoms with Crippen molar-refractivity contribution in [3.8, 4) is 5.88 Å². The molecular weight excluding hydrogens is 380 g/mol. The largest absolute Gasteiger partial charge is 0.493 e. The Morgan fingerprint density at radius 2 is 1.89 bits per heavy atom. The molecule has 0 aliphatic carbocycles. The first-order valence-corrected chi connectivity index (χ1v) is 8.78. The maximum Gasteiger partial charge on any atom is 0.283 e. The van der Waals surface area contributed by atoms with Crippen LogP contribution in [0.1, 0.15) is 10.4 Å². The first-order chi connectivity index (χ1) is 13.5. The molecule has 2 amide bonds. The Morgan fingerprint density at radius 1 is 1.18 bits per heavy atom. The Kier molecular flexibility index (Phi) is 5.86. The SMILES string of the molecule is C=CCn1c(O)c(N=NC(=O)CNC(=O)c2ccc(Cl)cc2)c2ccccc21. The van der Waals surface area contributed by atoms with Crippen LogP contribution in [-0.4, -0.2) is 28.0 Å². The van der Waals surface area contributed by atoms with E-state index in [4.69, 9.17) is 11.6 Å². The number of azo groups is 1. The van der Waals surface area contributed by atoms with E-state index in [1.807, 2.05) is 12.1 Å². The molecule has 0 fully saturated rings. The van der Waals surface area contributed by atoms with Crippen LogP contribution >= 0.6 is 11.6 Å². The Bertz CT molecular complexity index is 1070. The van der Waals surface area contributed by atoms with Crippen molar-refractivity contribution in [3.05, 3.63) is 71.8 Å². The van der Waals surface area contributed by atoms with E-state index < -0.39 is 11.8 Å². The molecule has 2 N–H and O–H groups in total. The van der Waals surface area contributed by atoms with Crippen molar-refractivity contribution in [2.45, 2.75) is 6.54 Å². The van der Waals surface area contributed by atoms with Crippen molar-refractivity contribution in [3.63, 3.8) is 0 Å². The standard InChI is InChI=1S/C20H17ClN4O3/c1-2-11-25-16-6-4-3-5-15(16)18(20(25)28)24-23-17(26)12-22-19(27)13-7-9-14(21)10-8-13/h2-10,28H,1,11-12H2,(H,22,27). The molecular formula is C20H17ClN4O3. The summed E-state index contributed by atoms with van der Waals surface area (Å²) in [6.45, 7) is 3.73. The lowest BCUT2D eigenvalue weighted by molar-refractivity contribution is -0.117. The van der Waals surface area contributed by atoms with E-state index in [0.29, 0.717) is 22.5 Å². The number of aromatic hydroxyl groups is 1. The number of carbonyl (C=O) groups excluding carboxylic acids is 2. The zero-order valence-corrected chi connectivity index (χ0v) is 15.6. The van der Waals surface area contributed by atoms with Gasteiger partial charge in [0, 0.05) is 22.5 Å². The second-order valence-corrected chi connectivity index (χ2v) is 6.31. The van der Waals surface area contributed by atoms with Gasteiger partial charge in [0.15, 0.2) is 5.69 Å². The number of amides is 2. The molecule has 7 nitrogen and oxygen atoms in total. The number of benzene rings is 2. The van der Waals surface area contributed by atoms with Gasteiger partial charge in [-0.25, -0.2) is 0 Å². The Labute approximate surface area is 166 Å². The van der Waals surface area contributed by atoms with Crippen LogP contribution in [0.5, 0.6) is 5.88 Å². The summed E-state index contributed by atoms with van der Waals surface area (Å²) in [4.78, 5) is 24.0. The fourth-order valence-electron chi connectivity index (χ4n) is 2.68. The van der Waals surface area contributed by atoms with E-state index in [0.717, 1.165) is 5.52 Å². The van der Waals surface area contributed by atoms with Gasteiger partial charge in [-0.3, -0.25) is 9.59 Å². The Morgan fingerprint density at radius 3 is 2.61 bits per heavy atom. The molecule has 0 saturated carbocycles. The van der Waals surface area contributed by atoms with E-state index >= 15 is 0 Å². The first kappa shape index (κ1) is 19.3. The highest BCUT2D eigenvalue weighted by atomic mass is 35.5. The maximum atomic E-state index is 12.0. The molecule has 3 rings (SSSR count). The quantitative estimate of drug-likeness (QED) is 0.482. The van der Waals surface area contributed by atoms with Crippen molar-refractivity contribution >= 4 is 40.0 Å². The van der Waals surface area contributed by atoms with Gasteiger partial charge < -0.3 is 15.0 Å². The van der Waals surface area contributed by atoms with Gasteiger partial charge in [-0.15, -0.1) is 16.8 Å². The van der Waals surface area contributed by atoms with Gasteiger partial charge in [-0.05, 0) is 30.3 Å². The Hall–Kier alpha value is -3.45. The highest BCUT2D eigenvalue weighted by Crippen LogP contribution is 2.38. The average Bonchev–Trinajstić information content (AvgIpc) is 2.97. The normalized spacial score (nSPS) is 11.0. The molecule has 0 spiro atoms. The van der Waals surface area contributed by atoms with Gasteiger partial charge in [0.1, 0.15) is 6.54 Å². The monoisotopic (exact) mass is 396 g/mol. The number of rotatable bonds is 6. The number of fused-ring (bicyclic) bond motifs is 1. The van der Waals surface area contributed by atoms with Gasteiger partial charge in [0.25, 0.3) is 11.8 Å². The molecule has 0 aliphatic rings. The van der Waals surface area contributed by atoms with Crippen LogP contribution in [0, 0.1) is 0 Å². The molecule has 1 heterocycles. The van der Waals surface area contributed by atoms with Crippen LogP contribution in [0.2, 0.25) is 5.02 Å². The fraction of sp³-hybridized carbons (Fsp3) is 0.100. The summed E-state index contributed by atoms with van der Waals surface area (Å²) in [7, 11) is 0. The van der Waals surface area contributed by atoms with Crippen LogP contribution in [0.15, 0.2) is 71.4 Å². The minimum absolute atomic E-state index is 0.108. The number of hydrogen-bond acceptors (Lipinski definition) is 4. The molecule has 142 valence electrons. The fourth-order valence-corrected chi connectivity index (χ4v) is 2.81. The van der Waals surface area contributed by atoms with E-state index in [2.05, 4.69) is 22.1 Å². The van der Waals surface area contributed by atoms with Gasteiger partial charge >= 0.3 is 0 Å². The molecule has 0 bridgehead atoms. The van der Waals surface area contributed by atoms with Gasteiger partial charge in [-0.1, -0.05) is 35.9 Å². The third-order valence-corrected chi connectivity index (χ3v) is 4.25. The van der Waals surface area contributed by atoms with Crippen molar-refractivity contribution in [2.75, 3.05) is 6.54 Å². The van der Waals surface area contributed by atoms with E-state index in [1.165, 1.54) is 0 Å². The number of hydrogen-bond donors (Lipinski definition) is 2. The molecule has 2 aromatic carbocycles. The van der Waals surface area contributed by atoms with Crippen LogP contribution < -0.4 is 5.32 Å². The minimum atomic E-state index is -0.651. The molecule has 3 aromatic rings. The molecule has 0 saturated heterocycles. The zero-order chi connectivity index (χ0) is 20.1. The average molecular weight is 397 g/mol. The number of nitrogens with zero attached hydrogens (tertiary/aromatic N) is 3. The summed E-state index contributed by atoms with van der Waals surface area (Å²) in [5.41, 5.74) is 1.31. The topological polar surface area (TPSA) is 96.0 Å². The van der Waals surface area contributed by atoms with Crippen molar-refractivity contribution in [2.24, 2.45) is 10.2 Å². The zero-order valence-electron chi connectivity index (χ0n) is 14.8. The van der Waals surface area contributed by atoms with E-state index in [1.54, 1.807) is 47.0 Å². The number of aromatic nitrogens is 1. The summed E-state index contributed by atoms with van der Waals surface area (Å²) in [5, 5.41) is 21.6.